The van der Waals surface area contributed by atoms with Gasteiger partial charge in [0.15, 0.2) is 0 Å². The summed E-state index contributed by atoms with van der Waals surface area (Å²) in [4.78, 5) is 9.95. The highest BCUT2D eigenvalue weighted by atomic mass is 16.3. The number of hydrogen-bond donors (Lipinski definition) is 1. The summed E-state index contributed by atoms with van der Waals surface area (Å²) in [5.74, 6) is -0.247. The summed E-state index contributed by atoms with van der Waals surface area (Å²) in [7, 11) is 1.90. The molecule has 0 aliphatic rings. The summed E-state index contributed by atoms with van der Waals surface area (Å²) in [5.41, 5.74) is 1.32. The molecule has 5 heteroatoms. The zero-order valence-electron chi connectivity index (χ0n) is 9.60. The van der Waals surface area contributed by atoms with E-state index in [-0.39, 0.29) is 11.4 Å². The summed E-state index contributed by atoms with van der Waals surface area (Å²) in [5, 5.41) is 18.1. The fraction of sp³-hybridized carbons (Fsp3) is 0.364. The van der Waals surface area contributed by atoms with E-state index in [0.717, 1.165) is 6.54 Å². The van der Waals surface area contributed by atoms with E-state index < -0.39 is 0 Å². The van der Waals surface area contributed by atoms with E-state index in [1.807, 2.05) is 24.9 Å². The van der Waals surface area contributed by atoms with Crippen molar-refractivity contribution in [3.8, 4) is 11.9 Å². The fourth-order valence-corrected chi connectivity index (χ4v) is 1.04. The van der Waals surface area contributed by atoms with Gasteiger partial charge >= 0.3 is 0 Å². The molecule has 1 rings (SSSR count). The number of aliphatic imine (C=N–C) groups is 1. The van der Waals surface area contributed by atoms with Crippen molar-refractivity contribution in [2.24, 2.45) is 4.99 Å². The van der Waals surface area contributed by atoms with E-state index in [1.54, 1.807) is 13.3 Å². The van der Waals surface area contributed by atoms with Crippen LogP contribution in [0.25, 0.3) is 0 Å². The lowest BCUT2D eigenvalue weighted by atomic mass is 10.2. The molecule has 0 saturated heterocycles. The quantitative estimate of drug-likeness (QED) is 0.617. The number of pyridine rings is 1. The van der Waals surface area contributed by atoms with Gasteiger partial charge in [0.25, 0.3) is 0 Å². The second-order valence-corrected chi connectivity index (χ2v) is 3.39. The molecule has 1 aromatic rings. The average molecular weight is 218 g/mol. The smallest absolute Gasteiger partial charge is 0.229 e. The van der Waals surface area contributed by atoms with Crippen LogP contribution in [-0.4, -0.2) is 34.9 Å². The van der Waals surface area contributed by atoms with Gasteiger partial charge in [-0.3, -0.25) is 0 Å². The Morgan fingerprint density at radius 1 is 1.69 bits per heavy atom. The summed E-state index contributed by atoms with van der Waals surface area (Å²) < 4.78 is 0. The first-order valence-electron chi connectivity index (χ1n) is 4.93. The molecule has 84 valence electrons. The Hall–Kier alpha value is -2.09. The van der Waals surface area contributed by atoms with Crippen molar-refractivity contribution in [3.63, 3.8) is 0 Å². The molecule has 1 aromatic heterocycles. The molecule has 0 amide bonds. The summed E-state index contributed by atoms with van der Waals surface area (Å²) >= 11 is 0. The van der Waals surface area contributed by atoms with E-state index in [2.05, 4.69) is 9.98 Å². The van der Waals surface area contributed by atoms with Gasteiger partial charge in [-0.05, 0) is 19.9 Å². The van der Waals surface area contributed by atoms with Crippen molar-refractivity contribution in [1.82, 2.24) is 9.88 Å². The molecular weight excluding hydrogens is 204 g/mol. The lowest BCUT2D eigenvalue weighted by Crippen LogP contribution is -2.14. The topological polar surface area (TPSA) is 72.5 Å². The van der Waals surface area contributed by atoms with Gasteiger partial charge in [-0.2, -0.15) is 5.26 Å². The predicted molar refractivity (Wildman–Crippen MR) is 61.8 cm³/mol. The molecule has 0 aromatic carbocycles. The highest BCUT2D eigenvalue weighted by Gasteiger charge is 2.06. The van der Waals surface area contributed by atoms with Crippen LogP contribution in [0.15, 0.2) is 11.1 Å². The molecule has 0 saturated carbocycles. The Morgan fingerprint density at radius 3 is 2.94 bits per heavy atom. The molecule has 16 heavy (non-hydrogen) atoms. The summed E-state index contributed by atoms with van der Waals surface area (Å²) in [6.07, 6.45) is 1.67. The maximum atomic E-state index is 9.34. The summed E-state index contributed by atoms with van der Waals surface area (Å²) in [6.45, 7) is 4.59. The van der Waals surface area contributed by atoms with Gasteiger partial charge in [-0.25, -0.2) is 9.98 Å². The standard InChI is InChI=1S/C11H14N4O/c1-4-15(3)7-13-10-5-9(6-12)11(16)14-8(10)2/h5,7H,4H2,1-3H3,(H,14,16)/b13-7+. The Bertz CT molecular complexity index is 448. The molecular formula is C11H14N4O. The van der Waals surface area contributed by atoms with Crippen LogP contribution in [0.3, 0.4) is 0 Å². The van der Waals surface area contributed by atoms with E-state index in [0.29, 0.717) is 11.4 Å². The van der Waals surface area contributed by atoms with Crippen LogP contribution in [0, 0.1) is 18.3 Å². The van der Waals surface area contributed by atoms with Gasteiger partial charge in [-0.1, -0.05) is 0 Å². The van der Waals surface area contributed by atoms with Crippen molar-refractivity contribution in [1.29, 1.82) is 5.26 Å². The normalized spacial score (nSPS) is 10.4. The molecule has 0 fully saturated rings. The fourth-order valence-electron chi connectivity index (χ4n) is 1.04. The minimum atomic E-state index is -0.247. The van der Waals surface area contributed by atoms with Crippen LogP contribution in [0.5, 0.6) is 5.88 Å². The van der Waals surface area contributed by atoms with E-state index in [9.17, 15) is 5.11 Å². The molecule has 1 N–H and O–H groups in total. The Morgan fingerprint density at radius 2 is 2.38 bits per heavy atom. The molecule has 5 nitrogen and oxygen atoms in total. The number of aryl methyl sites for hydroxylation is 1. The summed E-state index contributed by atoms with van der Waals surface area (Å²) in [6, 6.07) is 3.39. The van der Waals surface area contributed by atoms with Gasteiger partial charge in [0.2, 0.25) is 5.88 Å². The number of aromatic nitrogens is 1. The van der Waals surface area contributed by atoms with Crippen LogP contribution in [0.2, 0.25) is 0 Å². The lowest BCUT2D eigenvalue weighted by Gasteiger charge is -2.08. The largest absolute Gasteiger partial charge is 0.492 e. The van der Waals surface area contributed by atoms with Crippen molar-refractivity contribution in [2.75, 3.05) is 13.6 Å². The average Bonchev–Trinajstić information content (AvgIpc) is 2.27. The molecule has 0 bridgehead atoms. The van der Waals surface area contributed by atoms with Crippen LogP contribution in [0.1, 0.15) is 18.2 Å². The molecule has 0 atom stereocenters. The molecule has 0 aliphatic heterocycles. The van der Waals surface area contributed by atoms with Gasteiger partial charge < -0.3 is 10.0 Å². The minimum Gasteiger partial charge on any atom is -0.492 e. The minimum absolute atomic E-state index is 0.136. The predicted octanol–water partition coefficient (Wildman–Crippen LogP) is 1.58. The molecule has 0 radical (unpaired) electrons. The Kier molecular flexibility index (Phi) is 3.84. The Balaban J connectivity index is 3.06. The van der Waals surface area contributed by atoms with Crippen LogP contribution in [0.4, 0.5) is 5.69 Å². The van der Waals surface area contributed by atoms with E-state index in [1.165, 1.54) is 6.07 Å². The van der Waals surface area contributed by atoms with Crippen molar-refractivity contribution < 1.29 is 5.11 Å². The molecule has 0 spiro atoms. The number of hydrogen-bond acceptors (Lipinski definition) is 4. The second-order valence-electron chi connectivity index (χ2n) is 3.39. The number of aromatic hydroxyl groups is 1. The van der Waals surface area contributed by atoms with Crippen LogP contribution >= 0.6 is 0 Å². The third-order valence-corrected chi connectivity index (χ3v) is 2.18. The van der Waals surface area contributed by atoms with Gasteiger partial charge in [0.1, 0.15) is 11.6 Å². The molecule has 1 heterocycles. The monoisotopic (exact) mass is 218 g/mol. The van der Waals surface area contributed by atoms with E-state index in [4.69, 9.17) is 5.26 Å². The highest BCUT2D eigenvalue weighted by Crippen LogP contribution is 2.23. The maximum Gasteiger partial charge on any atom is 0.229 e. The maximum absolute atomic E-state index is 9.34. The second kappa shape index (κ2) is 5.12. The first-order valence-corrected chi connectivity index (χ1v) is 4.93. The number of rotatable bonds is 3. The zero-order valence-corrected chi connectivity index (χ0v) is 9.60. The molecule has 0 unspecified atom stereocenters. The van der Waals surface area contributed by atoms with Crippen LogP contribution < -0.4 is 0 Å². The van der Waals surface area contributed by atoms with Gasteiger partial charge in [0, 0.05) is 13.6 Å². The molecule has 0 aliphatic carbocycles. The number of nitriles is 1. The first-order chi connectivity index (χ1) is 7.58. The van der Waals surface area contributed by atoms with Crippen LogP contribution in [-0.2, 0) is 0 Å². The zero-order chi connectivity index (χ0) is 12.1. The Labute approximate surface area is 94.7 Å². The van der Waals surface area contributed by atoms with E-state index >= 15 is 0 Å². The SMILES string of the molecule is CCN(C)/C=N/c1cc(C#N)c(O)nc1C. The van der Waals surface area contributed by atoms with Gasteiger partial charge in [0.05, 0.1) is 17.7 Å². The number of nitrogens with zero attached hydrogens (tertiary/aromatic N) is 4. The first kappa shape index (κ1) is 12.0. The highest BCUT2D eigenvalue weighted by molar-refractivity contribution is 5.63. The van der Waals surface area contributed by atoms with Crippen molar-refractivity contribution in [2.45, 2.75) is 13.8 Å². The van der Waals surface area contributed by atoms with Crippen molar-refractivity contribution in [3.05, 3.63) is 17.3 Å². The third kappa shape index (κ3) is 2.70. The lowest BCUT2D eigenvalue weighted by molar-refractivity contribution is 0.450. The van der Waals surface area contributed by atoms with Crippen molar-refractivity contribution >= 4 is 12.0 Å². The third-order valence-electron chi connectivity index (χ3n) is 2.18. The van der Waals surface area contributed by atoms with Gasteiger partial charge in [-0.15, -0.1) is 0 Å².